The van der Waals surface area contributed by atoms with Crippen molar-refractivity contribution in [2.75, 3.05) is 32.7 Å². The molecule has 3 amide bonds. The Balaban J connectivity index is 1.95. The average molecular weight is 276 g/mol. The van der Waals surface area contributed by atoms with Gasteiger partial charge in [0.1, 0.15) is 0 Å². The van der Waals surface area contributed by atoms with Gasteiger partial charge in [-0.15, -0.1) is 0 Å². The second-order valence-corrected chi connectivity index (χ2v) is 4.76. The topological polar surface area (TPSA) is 78.7 Å². The molecule has 1 saturated heterocycles. The molecule has 2 rings (SSSR count). The van der Waals surface area contributed by atoms with Gasteiger partial charge in [0.05, 0.1) is 6.54 Å². The summed E-state index contributed by atoms with van der Waals surface area (Å²) in [5.41, 5.74) is 6.72. The van der Waals surface area contributed by atoms with Crippen LogP contribution >= 0.6 is 0 Å². The van der Waals surface area contributed by atoms with Crippen molar-refractivity contribution < 1.29 is 9.59 Å². The largest absolute Gasteiger partial charge is 0.336 e. The van der Waals surface area contributed by atoms with Crippen molar-refractivity contribution in [3.05, 3.63) is 35.9 Å². The van der Waals surface area contributed by atoms with Crippen molar-refractivity contribution >= 4 is 11.9 Å². The van der Waals surface area contributed by atoms with E-state index in [1.807, 2.05) is 35.2 Å². The number of imide groups is 1. The molecule has 1 aliphatic heterocycles. The van der Waals surface area contributed by atoms with Gasteiger partial charge in [-0.25, -0.2) is 4.79 Å². The summed E-state index contributed by atoms with van der Waals surface area (Å²) in [7, 11) is 0. The lowest BCUT2D eigenvalue weighted by molar-refractivity contribution is -0.128. The highest BCUT2D eigenvalue weighted by Gasteiger charge is 2.27. The van der Waals surface area contributed by atoms with Crippen LogP contribution in [0.5, 0.6) is 0 Å². The molecule has 0 atom stereocenters. The predicted octanol–water partition coefficient (Wildman–Crippen LogP) is -0.000900. The SMILES string of the molecule is NCCN(CC(=O)N1CCNC1=O)Cc1ccccc1. The number of amides is 3. The van der Waals surface area contributed by atoms with Crippen LogP contribution in [0.25, 0.3) is 0 Å². The first kappa shape index (κ1) is 14.5. The van der Waals surface area contributed by atoms with Gasteiger partial charge in [0.25, 0.3) is 0 Å². The molecule has 0 saturated carbocycles. The fraction of sp³-hybridized carbons (Fsp3) is 0.429. The molecular weight excluding hydrogens is 256 g/mol. The number of rotatable bonds is 6. The number of carbonyl (C=O) groups excluding carboxylic acids is 2. The fourth-order valence-corrected chi connectivity index (χ4v) is 2.22. The fourth-order valence-electron chi connectivity index (χ4n) is 2.22. The van der Waals surface area contributed by atoms with E-state index in [0.29, 0.717) is 32.7 Å². The molecule has 1 aromatic carbocycles. The van der Waals surface area contributed by atoms with E-state index in [1.165, 1.54) is 4.90 Å². The first-order chi connectivity index (χ1) is 9.70. The molecule has 0 unspecified atom stereocenters. The lowest BCUT2D eigenvalue weighted by Gasteiger charge is -2.23. The number of hydrogen-bond donors (Lipinski definition) is 2. The van der Waals surface area contributed by atoms with E-state index in [4.69, 9.17) is 5.73 Å². The Labute approximate surface area is 118 Å². The van der Waals surface area contributed by atoms with Crippen LogP contribution in [0.4, 0.5) is 4.79 Å². The van der Waals surface area contributed by atoms with Crippen LogP contribution in [0.3, 0.4) is 0 Å². The van der Waals surface area contributed by atoms with Gasteiger partial charge in [-0.1, -0.05) is 30.3 Å². The second-order valence-electron chi connectivity index (χ2n) is 4.76. The highest BCUT2D eigenvalue weighted by molar-refractivity contribution is 5.96. The third-order valence-electron chi connectivity index (χ3n) is 3.21. The van der Waals surface area contributed by atoms with E-state index in [9.17, 15) is 9.59 Å². The lowest BCUT2D eigenvalue weighted by atomic mass is 10.2. The summed E-state index contributed by atoms with van der Waals surface area (Å²) < 4.78 is 0. The summed E-state index contributed by atoms with van der Waals surface area (Å²) in [5, 5.41) is 2.63. The summed E-state index contributed by atoms with van der Waals surface area (Å²) in [5.74, 6) is -0.176. The molecule has 20 heavy (non-hydrogen) atoms. The van der Waals surface area contributed by atoms with Gasteiger partial charge >= 0.3 is 6.03 Å². The smallest absolute Gasteiger partial charge is 0.324 e. The van der Waals surface area contributed by atoms with Crippen LogP contribution < -0.4 is 11.1 Å². The van der Waals surface area contributed by atoms with Gasteiger partial charge in [0, 0.05) is 32.7 Å². The first-order valence-electron chi connectivity index (χ1n) is 6.75. The molecular formula is C14H20N4O2. The van der Waals surface area contributed by atoms with Crippen molar-refractivity contribution in [1.82, 2.24) is 15.1 Å². The molecule has 0 spiro atoms. The minimum atomic E-state index is -0.303. The molecule has 0 bridgehead atoms. The summed E-state index contributed by atoms with van der Waals surface area (Å²) in [6.07, 6.45) is 0. The highest BCUT2D eigenvalue weighted by atomic mass is 16.2. The minimum Gasteiger partial charge on any atom is -0.336 e. The Kier molecular flexibility index (Phi) is 5.09. The number of nitrogens with one attached hydrogen (secondary N) is 1. The highest BCUT2D eigenvalue weighted by Crippen LogP contribution is 2.06. The number of urea groups is 1. The quantitative estimate of drug-likeness (QED) is 0.766. The third kappa shape index (κ3) is 3.79. The minimum absolute atomic E-state index is 0.176. The van der Waals surface area contributed by atoms with Crippen LogP contribution in [-0.4, -0.2) is 54.5 Å². The van der Waals surface area contributed by atoms with E-state index in [2.05, 4.69) is 5.32 Å². The Bertz CT molecular complexity index is 464. The molecule has 108 valence electrons. The van der Waals surface area contributed by atoms with Crippen LogP contribution in [0.2, 0.25) is 0 Å². The molecule has 0 radical (unpaired) electrons. The Hall–Kier alpha value is -1.92. The maximum absolute atomic E-state index is 12.1. The number of nitrogens with zero attached hydrogens (tertiary/aromatic N) is 2. The number of nitrogens with two attached hydrogens (primary N) is 1. The van der Waals surface area contributed by atoms with Gasteiger partial charge in [-0.05, 0) is 5.56 Å². The molecule has 6 nitrogen and oxygen atoms in total. The summed E-state index contributed by atoms with van der Waals surface area (Å²) in [4.78, 5) is 26.8. The van der Waals surface area contributed by atoms with Crippen LogP contribution in [-0.2, 0) is 11.3 Å². The first-order valence-corrected chi connectivity index (χ1v) is 6.75. The van der Waals surface area contributed by atoms with Crippen molar-refractivity contribution in [3.8, 4) is 0 Å². The number of carbonyl (C=O) groups is 2. The van der Waals surface area contributed by atoms with Crippen LogP contribution in [0.1, 0.15) is 5.56 Å². The normalized spacial score (nSPS) is 14.7. The molecule has 1 aromatic rings. The molecule has 3 N–H and O–H groups in total. The van der Waals surface area contributed by atoms with Gasteiger partial charge < -0.3 is 11.1 Å². The Morgan fingerprint density at radius 1 is 1.35 bits per heavy atom. The maximum Gasteiger partial charge on any atom is 0.324 e. The summed E-state index contributed by atoms with van der Waals surface area (Å²) >= 11 is 0. The van der Waals surface area contributed by atoms with E-state index >= 15 is 0 Å². The van der Waals surface area contributed by atoms with Crippen LogP contribution in [0.15, 0.2) is 30.3 Å². The third-order valence-corrected chi connectivity index (χ3v) is 3.21. The summed E-state index contributed by atoms with van der Waals surface area (Å²) in [6, 6.07) is 9.60. The number of benzene rings is 1. The van der Waals surface area contributed by atoms with Gasteiger partial charge in [-0.3, -0.25) is 14.6 Å². The molecule has 1 heterocycles. The van der Waals surface area contributed by atoms with Gasteiger partial charge in [0.2, 0.25) is 5.91 Å². The maximum atomic E-state index is 12.1. The van der Waals surface area contributed by atoms with Crippen molar-refractivity contribution in [2.24, 2.45) is 5.73 Å². The zero-order chi connectivity index (χ0) is 14.4. The van der Waals surface area contributed by atoms with E-state index in [0.717, 1.165) is 5.56 Å². The monoisotopic (exact) mass is 276 g/mol. The molecule has 0 aromatic heterocycles. The average Bonchev–Trinajstić information content (AvgIpc) is 2.86. The second kappa shape index (κ2) is 7.02. The molecule has 6 heteroatoms. The predicted molar refractivity (Wildman–Crippen MR) is 75.9 cm³/mol. The Morgan fingerprint density at radius 3 is 2.70 bits per heavy atom. The molecule has 1 aliphatic rings. The van der Waals surface area contributed by atoms with Crippen molar-refractivity contribution in [2.45, 2.75) is 6.54 Å². The molecule has 0 aliphatic carbocycles. The van der Waals surface area contributed by atoms with Gasteiger partial charge in [-0.2, -0.15) is 0 Å². The van der Waals surface area contributed by atoms with Crippen LogP contribution in [0, 0.1) is 0 Å². The van der Waals surface area contributed by atoms with Crippen molar-refractivity contribution in [3.63, 3.8) is 0 Å². The summed E-state index contributed by atoms with van der Waals surface area (Å²) in [6.45, 7) is 2.93. The zero-order valence-electron chi connectivity index (χ0n) is 11.4. The Morgan fingerprint density at radius 2 is 2.10 bits per heavy atom. The van der Waals surface area contributed by atoms with E-state index < -0.39 is 0 Å². The van der Waals surface area contributed by atoms with E-state index in [1.54, 1.807) is 0 Å². The van der Waals surface area contributed by atoms with Gasteiger partial charge in [0.15, 0.2) is 0 Å². The lowest BCUT2D eigenvalue weighted by Crippen LogP contribution is -2.43. The molecule has 1 fully saturated rings. The van der Waals surface area contributed by atoms with E-state index in [-0.39, 0.29) is 18.5 Å². The standard InChI is InChI=1S/C14H20N4O2/c15-6-8-17(10-12-4-2-1-3-5-12)11-13(19)18-9-7-16-14(18)20/h1-5H,6-11,15H2,(H,16,20). The zero-order valence-corrected chi connectivity index (χ0v) is 11.4. The van der Waals surface area contributed by atoms with Crippen molar-refractivity contribution in [1.29, 1.82) is 0 Å². The number of hydrogen-bond acceptors (Lipinski definition) is 4.